The molecule has 18 heavy (non-hydrogen) atoms. The van der Waals surface area contributed by atoms with Crippen molar-refractivity contribution < 1.29 is 4.79 Å². The lowest BCUT2D eigenvalue weighted by atomic mass is 10.5. The molecule has 0 atom stereocenters. The van der Waals surface area contributed by atoms with Gasteiger partial charge < -0.3 is 15.2 Å². The van der Waals surface area contributed by atoms with Gasteiger partial charge in [-0.3, -0.25) is 4.79 Å². The normalized spacial score (nSPS) is 14.8. The molecule has 1 heterocycles. The number of thioether (sulfide) groups is 1. The SMILES string of the molecule is Cc1nnc(SCC(=O)N(C)C2CC2)n1CCN. The third-order valence-corrected chi connectivity index (χ3v) is 4.02. The standard InChI is InChI=1S/C11H19N5OS/c1-8-13-14-11(16(8)6-5-12)18-7-10(17)15(2)9-3-4-9/h9H,3-7,12H2,1-2H3. The summed E-state index contributed by atoms with van der Waals surface area (Å²) in [6.45, 7) is 3.13. The summed E-state index contributed by atoms with van der Waals surface area (Å²) >= 11 is 1.43. The molecule has 7 heteroatoms. The highest BCUT2D eigenvalue weighted by Crippen LogP contribution is 2.26. The molecule has 0 spiro atoms. The fourth-order valence-electron chi connectivity index (χ4n) is 1.75. The van der Waals surface area contributed by atoms with Crippen LogP contribution in [0.3, 0.4) is 0 Å². The zero-order valence-electron chi connectivity index (χ0n) is 10.8. The van der Waals surface area contributed by atoms with Gasteiger partial charge in [-0.2, -0.15) is 0 Å². The van der Waals surface area contributed by atoms with E-state index in [1.54, 1.807) is 0 Å². The molecule has 2 N–H and O–H groups in total. The lowest BCUT2D eigenvalue weighted by Gasteiger charge is -2.15. The van der Waals surface area contributed by atoms with Gasteiger partial charge in [-0.1, -0.05) is 11.8 Å². The average Bonchev–Trinajstić information content (AvgIpc) is 3.14. The minimum atomic E-state index is 0.155. The monoisotopic (exact) mass is 269 g/mol. The Morgan fingerprint density at radius 1 is 1.56 bits per heavy atom. The number of carbonyl (C=O) groups is 1. The highest BCUT2D eigenvalue weighted by molar-refractivity contribution is 7.99. The van der Waals surface area contributed by atoms with Crippen molar-refractivity contribution in [1.29, 1.82) is 0 Å². The Hall–Kier alpha value is -1.08. The second-order valence-electron chi connectivity index (χ2n) is 4.49. The number of aromatic nitrogens is 3. The van der Waals surface area contributed by atoms with E-state index in [1.807, 2.05) is 23.4 Å². The van der Waals surface area contributed by atoms with E-state index in [0.29, 0.717) is 24.9 Å². The maximum Gasteiger partial charge on any atom is 0.233 e. The predicted octanol–water partition coefficient (Wildman–Crippen LogP) is 0.258. The number of hydrogen-bond donors (Lipinski definition) is 1. The van der Waals surface area contributed by atoms with Gasteiger partial charge in [0.05, 0.1) is 5.75 Å². The van der Waals surface area contributed by atoms with Crippen molar-refractivity contribution in [3.05, 3.63) is 5.82 Å². The van der Waals surface area contributed by atoms with Crippen LogP contribution < -0.4 is 5.73 Å². The molecule has 1 aromatic rings. The van der Waals surface area contributed by atoms with Crippen LogP contribution in [0.4, 0.5) is 0 Å². The molecule has 1 aliphatic rings. The van der Waals surface area contributed by atoms with Gasteiger partial charge in [0.1, 0.15) is 5.82 Å². The number of amides is 1. The largest absolute Gasteiger partial charge is 0.342 e. The Morgan fingerprint density at radius 3 is 2.89 bits per heavy atom. The molecule has 6 nitrogen and oxygen atoms in total. The summed E-state index contributed by atoms with van der Waals surface area (Å²) in [5.41, 5.74) is 5.55. The van der Waals surface area contributed by atoms with Crippen molar-refractivity contribution in [3.63, 3.8) is 0 Å². The lowest BCUT2D eigenvalue weighted by Crippen LogP contribution is -2.30. The Balaban J connectivity index is 1.91. The van der Waals surface area contributed by atoms with Gasteiger partial charge in [-0.25, -0.2) is 0 Å². The van der Waals surface area contributed by atoms with Crippen LogP contribution in [0.5, 0.6) is 0 Å². The van der Waals surface area contributed by atoms with Crippen LogP contribution in [0, 0.1) is 6.92 Å². The second kappa shape index (κ2) is 5.71. The van der Waals surface area contributed by atoms with Gasteiger partial charge >= 0.3 is 0 Å². The Kier molecular flexibility index (Phi) is 4.23. The zero-order chi connectivity index (χ0) is 13.1. The van der Waals surface area contributed by atoms with Crippen molar-refractivity contribution in [2.45, 2.75) is 37.5 Å². The lowest BCUT2D eigenvalue weighted by molar-refractivity contribution is -0.127. The van der Waals surface area contributed by atoms with Gasteiger partial charge in [-0.15, -0.1) is 10.2 Å². The molecule has 1 saturated carbocycles. The van der Waals surface area contributed by atoms with Crippen LogP contribution >= 0.6 is 11.8 Å². The Bertz CT molecular complexity index is 429. The van der Waals surface area contributed by atoms with Gasteiger partial charge in [-0.05, 0) is 19.8 Å². The van der Waals surface area contributed by atoms with E-state index in [4.69, 9.17) is 5.73 Å². The third-order valence-electron chi connectivity index (χ3n) is 3.07. The number of aryl methyl sites for hydroxylation is 1. The first-order valence-corrected chi connectivity index (χ1v) is 7.10. The van der Waals surface area contributed by atoms with E-state index < -0.39 is 0 Å². The molecule has 1 amide bonds. The van der Waals surface area contributed by atoms with Crippen LogP contribution in [-0.4, -0.2) is 51.0 Å². The van der Waals surface area contributed by atoms with E-state index in [0.717, 1.165) is 23.8 Å². The molecule has 0 aromatic carbocycles. The molecule has 0 saturated heterocycles. The van der Waals surface area contributed by atoms with Gasteiger partial charge in [0.2, 0.25) is 5.91 Å². The highest BCUT2D eigenvalue weighted by Gasteiger charge is 2.29. The Morgan fingerprint density at radius 2 is 2.28 bits per heavy atom. The first kappa shape index (κ1) is 13.4. The fraction of sp³-hybridized carbons (Fsp3) is 0.727. The van der Waals surface area contributed by atoms with Crippen LogP contribution in [-0.2, 0) is 11.3 Å². The van der Waals surface area contributed by atoms with Crippen LogP contribution in [0.25, 0.3) is 0 Å². The third kappa shape index (κ3) is 3.02. The summed E-state index contributed by atoms with van der Waals surface area (Å²) in [7, 11) is 1.87. The molecule has 0 bridgehead atoms. The average molecular weight is 269 g/mol. The van der Waals surface area contributed by atoms with Crippen LogP contribution in [0.15, 0.2) is 5.16 Å². The van der Waals surface area contributed by atoms with E-state index in [9.17, 15) is 4.79 Å². The second-order valence-corrected chi connectivity index (χ2v) is 5.44. The molecular weight excluding hydrogens is 250 g/mol. The summed E-state index contributed by atoms with van der Waals surface area (Å²) in [5.74, 6) is 1.41. The van der Waals surface area contributed by atoms with Gasteiger partial charge in [0.25, 0.3) is 0 Å². The number of rotatable bonds is 6. The number of nitrogens with two attached hydrogens (primary N) is 1. The topological polar surface area (TPSA) is 77.0 Å². The minimum Gasteiger partial charge on any atom is -0.342 e. The molecule has 1 fully saturated rings. The molecule has 0 aliphatic heterocycles. The summed E-state index contributed by atoms with van der Waals surface area (Å²) in [6.07, 6.45) is 2.27. The summed E-state index contributed by atoms with van der Waals surface area (Å²) in [5, 5.41) is 8.87. The number of carbonyl (C=O) groups excluding carboxylic acids is 1. The van der Waals surface area contributed by atoms with E-state index in [-0.39, 0.29) is 5.91 Å². The maximum atomic E-state index is 11.9. The van der Waals surface area contributed by atoms with Crippen LogP contribution in [0.1, 0.15) is 18.7 Å². The van der Waals surface area contributed by atoms with Crippen molar-refractivity contribution in [1.82, 2.24) is 19.7 Å². The zero-order valence-corrected chi connectivity index (χ0v) is 11.6. The van der Waals surface area contributed by atoms with Gasteiger partial charge in [0, 0.05) is 26.2 Å². The highest BCUT2D eigenvalue weighted by atomic mass is 32.2. The predicted molar refractivity (Wildman–Crippen MR) is 70.3 cm³/mol. The van der Waals surface area contributed by atoms with Crippen molar-refractivity contribution in [3.8, 4) is 0 Å². The molecule has 0 unspecified atom stereocenters. The van der Waals surface area contributed by atoms with Crippen molar-refractivity contribution in [2.75, 3.05) is 19.3 Å². The maximum absolute atomic E-state index is 11.9. The summed E-state index contributed by atoms with van der Waals surface area (Å²) < 4.78 is 1.95. The molecular formula is C11H19N5OS. The molecule has 2 rings (SSSR count). The molecule has 1 aromatic heterocycles. The van der Waals surface area contributed by atoms with E-state index >= 15 is 0 Å². The first-order chi connectivity index (χ1) is 8.63. The van der Waals surface area contributed by atoms with Crippen LogP contribution in [0.2, 0.25) is 0 Å². The molecule has 0 radical (unpaired) electrons. The van der Waals surface area contributed by atoms with E-state index in [1.165, 1.54) is 11.8 Å². The smallest absolute Gasteiger partial charge is 0.233 e. The molecule has 100 valence electrons. The summed E-state index contributed by atoms with van der Waals surface area (Å²) in [4.78, 5) is 13.7. The number of hydrogen-bond acceptors (Lipinski definition) is 5. The summed E-state index contributed by atoms with van der Waals surface area (Å²) in [6, 6.07) is 0.460. The van der Waals surface area contributed by atoms with E-state index in [2.05, 4.69) is 10.2 Å². The minimum absolute atomic E-state index is 0.155. The quantitative estimate of drug-likeness (QED) is 0.750. The van der Waals surface area contributed by atoms with Gasteiger partial charge in [0.15, 0.2) is 5.16 Å². The number of nitrogens with zero attached hydrogens (tertiary/aromatic N) is 4. The van der Waals surface area contributed by atoms with Crippen molar-refractivity contribution in [2.24, 2.45) is 5.73 Å². The fourth-order valence-corrected chi connectivity index (χ4v) is 2.68. The van der Waals surface area contributed by atoms with Crippen molar-refractivity contribution >= 4 is 17.7 Å². The Labute approximate surface area is 111 Å². The molecule has 1 aliphatic carbocycles. The first-order valence-electron chi connectivity index (χ1n) is 6.11.